The Morgan fingerprint density at radius 2 is 2.00 bits per heavy atom. The van der Waals surface area contributed by atoms with Gasteiger partial charge < -0.3 is 10.2 Å². The van der Waals surface area contributed by atoms with Crippen LogP contribution in [0.1, 0.15) is 25.8 Å². The van der Waals surface area contributed by atoms with Crippen molar-refractivity contribution in [2.24, 2.45) is 0 Å². The summed E-state index contributed by atoms with van der Waals surface area (Å²) in [5.41, 5.74) is 0.0894. The molecule has 2 nitrogen and oxygen atoms in total. The van der Waals surface area contributed by atoms with Gasteiger partial charge in [0.05, 0.1) is 4.47 Å². The fourth-order valence-electron chi connectivity index (χ4n) is 1.66. The molecule has 5 heteroatoms. The first-order valence-corrected chi connectivity index (χ1v) is 7.26. The Kier molecular flexibility index (Phi) is 6.89. The molecular weight excluding hydrogens is 314 g/mol. The lowest BCUT2D eigenvalue weighted by Crippen LogP contribution is -2.29. The minimum Gasteiger partial charge on any atom is -0.312 e. The topological polar surface area (TPSA) is 15.3 Å². The minimum absolute atomic E-state index is 0.0894. The number of nitrogens with one attached hydrogen (secondary N) is 1. The van der Waals surface area contributed by atoms with Crippen molar-refractivity contribution < 1.29 is 8.78 Å². The molecule has 0 bridgehead atoms. The number of halogens is 3. The number of rotatable bonds is 7. The molecule has 0 aliphatic heterocycles. The number of hydrogen-bond donors (Lipinski definition) is 1. The zero-order valence-corrected chi connectivity index (χ0v) is 13.2. The standard InChI is InChI=1S/C14H21BrF2N2/c1-10(2)19(3)8-4-7-18-9-11-13(16)6-5-12(15)14(11)17/h5-6,10,18H,4,7-9H2,1-3H3. The first-order valence-electron chi connectivity index (χ1n) is 6.46. The highest BCUT2D eigenvalue weighted by Gasteiger charge is 2.11. The van der Waals surface area contributed by atoms with Crippen LogP contribution in [0.2, 0.25) is 0 Å². The zero-order chi connectivity index (χ0) is 14.4. The van der Waals surface area contributed by atoms with E-state index in [4.69, 9.17) is 0 Å². The fraction of sp³-hybridized carbons (Fsp3) is 0.571. The summed E-state index contributed by atoms with van der Waals surface area (Å²) in [6.45, 7) is 6.19. The maximum Gasteiger partial charge on any atom is 0.144 e. The SMILES string of the molecule is CC(C)N(C)CCCNCc1c(F)ccc(Br)c1F. The molecule has 0 heterocycles. The Balaban J connectivity index is 2.36. The predicted octanol–water partition coefficient (Wildman–Crippen LogP) is 3.55. The smallest absolute Gasteiger partial charge is 0.144 e. The van der Waals surface area contributed by atoms with Crippen molar-refractivity contribution in [3.05, 3.63) is 33.8 Å². The van der Waals surface area contributed by atoms with Gasteiger partial charge in [-0.2, -0.15) is 0 Å². The van der Waals surface area contributed by atoms with Gasteiger partial charge in [-0.3, -0.25) is 0 Å². The zero-order valence-electron chi connectivity index (χ0n) is 11.6. The second kappa shape index (κ2) is 7.92. The van der Waals surface area contributed by atoms with Gasteiger partial charge in [0.2, 0.25) is 0 Å². The van der Waals surface area contributed by atoms with Gasteiger partial charge >= 0.3 is 0 Å². The molecule has 0 radical (unpaired) electrons. The average molecular weight is 335 g/mol. The molecule has 0 saturated heterocycles. The van der Waals surface area contributed by atoms with Crippen LogP contribution in [0.4, 0.5) is 8.78 Å². The highest BCUT2D eigenvalue weighted by Crippen LogP contribution is 2.21. The van der Waals surface area contributed by atoms with Crippen molar-refractivity contribution in [3.8, 4) is 0 Å². The van der Waals surface area contributed by atoms with Gasteiger partial charge in [-0.05, 0) is 68.5 Å². The van der Waals surface area contributed by atoms with Crippen LogP contribution >= 0.6 is 15.9 Å². The molecule has 1 aromatic carbocycles. The van der Waals surface area contributed by atoms with Crippen molar-refractivity contribution in [1.82, 2.24) is 10.2 Å². The van der Waals surface area contributed by atoms with Gasteiger partial charge in [0.1, 0.15) is 11.6 Å². The molecule has 0 amide bonds. The molecule has 0 saturated carbocycles. The number of hydrogen-bond acceptors (Lipinski definition) is 2. The van der Waals surface area contributed by atoms with E-state index in [0.717, 1.165) is 19.5 Å². The molecule has 108 valence electrons. The lowest BCUT2D eigenvalue weighted by atomic mass is 10.2. The van der Waals surface area contributed by atoms with Gasteiger partial charge in [0.15, 0.2) is 0 Å². The third-order valence-corrected chi connectivity index (χ3v) is 3.80. The van der Waals surface area contributed by atoms with E-state index in [0.29, 0.717) is 10.5 Å². The van der Waals surface area contributed by atoms with Crippen LogP contribution < -0.4 is 5.32 Å². The van der Waals surface area contributed by atoms with Crippen molar-refractivity contribution >= 4 is 15.9 Å². The molecule has 0 aromatic heterocycles. The molecule has 0 atom stereocenters. The fourth-order valence-corrected chi connectivity index (χ4v) is 2.03. The highest BCUT2D eigenvalue weighted by atomic mass is 79.9. The van der Waals surface area contributed by atoms with E-state index >= 15 is 0 Å². The third-order valence-electron chi connectivity index (χ3n) is 3.19. The summed E-state index contributed by atoms with van der Waals surface area (Å²) >= 11 is 3.06. The van der Waals surface area contributed by atoms with E-state index < -0.39 is 11.6 Å². The Bertz CT molecular complexity index is 411. The maximum absolute atomic E-state index is 13.7. The van der Waals surface area contributed by atoms with Gasteiger partial charge in [-0.1, -0.05) is 0 Å². The number of nitrogens with zero attached hydrogens (tertiary/aromatic N) is 1. The normalized spacial score (nSPS) is 11.6. The average Bonchev–Trinajstić information content (AvgIpc) is 2.37. The van der Waals surface area contributed by atoms with E-state index in [1.165, 1.54) is 12.1 Å². The van der Waals surface area contributed by atoms with E-state index in [9.17, 15) is 8.78 Å². The van der Waals surface area contributed by atoms with Crippen molar-refractivity contribution in [2.45, 2.75) is 32.9 Å². The Morgan fingerprint density at radius 3 is 2.63 bits per heavy atom. The first kappa shape index (κ1) is 16.5. The van der Waals surface area contributed by atoms with E-state index in [2.05, 4.69) is 47.0 Å². The lowest BCUT2D eigenvalue weighted by Gasteiger charge is -2.20. The number of benzene rings is 1. The highest BCUT2D eigenvalue weighted by molar-refractivity contribution is 9.10. The van der Waals surface area contributed by atoms with Crippen LogP contribution in [-0.4, -0.2) is 31.1 Å². The second-order valence-corrected chi connectivity index (χ2v) is 5.78. The molecule has 1 N–H and O–H groups in total. The molecule has 0 fully saturated rings. The maximum atomic E-state index is 13.7. The first-order chi connectivity index (χ1) is 8.93. The van der Waals surface area contributed by atoms with Gasteiger partial charge in [0.25, 0.3) is 0 Å². The van der Waals surface area contributed by atoms with Gasteiger partial charge in [-0.25, -0.2) is 8.78 Å². The molecule has 19 heavy (non-hydrogen) atoms. The molecule has 1 rings (SSSR count). The van der Waals surface area contributed by atoms with Crippen LogP contribution in [0.25, 0.3) is 0 Å². The van der Waals surface area contributed by atoms with Crippen molar-refractivity contribution in [2.75, 3.05) is 20.1 Å². The summed E-state index contributed by atoms with van der Waals surface area (Å²) in [5, 5.41) is 3.08. The van der Waals surface area contributed by atoms with Crippen LogP contribution in [-0.2, 0) is 6.54 Å². The summed E-state index contributed by atoms with van der Waals surface area (Å²) in [5.74, 6) is -1.03. The van der Waals surface area contributed by atoms with E-state index in [-0.39, 0.29) is 12.1 Å². The largest absolute Gasteiger partial charge is 0.312 e. The predicted molar refractivity (Wildman–Crippen MR) is 78.1 cm³/mol. The molecule has 0 aliphatic carbocycles. The molecule has 0 unspecified atom stereocenters. The lowest BCUT2D eigenvalue weighted by molar-refractivity contribution is 0.269. The molecule has 0 spiro atoms. The summed E-state index contributed by atoms with van der Waals surface area (Å²) in [6, 6.07) is 3.17. The third kappa shape index (κ3) is 5.16. The second-order valence-electron chi connectivity index (χ2n) is 4.93. The van der Waals surface area contributed by atoms with Crippen molar-refractivity contribution in [1.29, 1.82) is 0 Å². The van der Waals surface area contributed by atoms with E-state index in [1.807, 2.05) is 0 Å². The monoisotopic (exact) mass is 334 g/mol. The Labute approximate surface area is 122 Å². The van der Waals surface area contributed by atoms with Crippen LogP contribution in [0.5, 0.6) is 0 Å². The minimum atomic E-state index is -0.521. The summed E-state index contributed by atoms with van der Waals surface area (Å²) in [4.78, 5) is 2.24. The van der Waals surface area contributed by atoms with Crippen LogP contribution in [0.15, 0.2) is 16.6 Å². The van der Waals surface area contributed by atoms with Gasteiger partial charge in [0, 0.05) is 18.2 Å². The van der Waals surface area contributed by atoms with E-state index in [1.54, 1.807) is 0 Å². The quantitative estimate of drug-likeness (QED) is 0.606. The van der Waals surface area contributed by atoms with Gasteiger partial charge in [-0.15, -0.1) is 0 Å². The van der Waals surface area contributed by atoms with Crippen molar-refractivity contribution in [3.63, 3.8) is 0 Å². The summed E-state index contributed by atoms with van der Waals surface area (Å²) in [6.07, 6.45) is 0.950. The molecule has 1 aromatic rings. The van der Waals surface area contributed by atoms with Crippen LogP contribution in [0.3, 0.4) is 0 Å². The molecule has 0 aliphatic rings. The summed E-state index contributed by atoms with van der Waals surface area (Å²) < 4.78 is 27.4. The molecular formula is C14H21BrF2N2. The Hall–Kier alpha value is -0.520. The van der Waals surface area contributed by atoms with Crippen LogP contribution in [0, 0.1) is 11.6 Å². The Morgan fingerprint density at radius 1 is 1.32 bits per heavy atom. The summed E-state index contributed by atoms with van der Waals surface area (Å²) in [7, 11) is 2.07.